The van der Waals surface area contributed by atoms with Gasteiger partial charge in [0.1, 0.15) is 6.26 Å². The zero-order valence-electron chi connectivity index (χ0n) is 16.4. The molecule has 0 saturated heterocycles. The third-order valence-electron chi connectivity index (χ3n) is 4.81. The van der Waals surface area contributed by atoms with Gasteiger partial charge in [0.2, 0.25) is 5.89 Å². The molecule has 1 aromatic carbocycles. The van der Waals surface area contributed by atoms with Crippen molar-refractivity contribution >= 4 is 28.1 Å². The van der Waals surface area contributed by atoms with Gasteiger partial charge in [0, 0.05) is 41.6 Å². The van der Waals surface area contributed by atoms with Gasteiger partial charge in [-0.2, -0.15) is 0 Å². The van der Waals surface area contributed by atoms with E-state index < -0.39 is 0 Å². The van der Waals surface area contributed by atoms with Crippen molar-refractivity contribution < 1.29 is 9.21 Å². The van der Waals surface area contributed by atoms with Crippen LogP contribution in [0.3, 0.4) is 0 Å². The lowest BCUT2D eigenvalue weighted by Crippen LogP contribution is -2.26. The van der Waals surface area contributed by atoms with Crippen LogP contribution in [-0.4, -0.2) is 33.9 Å². The van der Waals surface area contributed by atoms with E-state index in [1.807, 2.05) is 13.0 Å². The second-order valence-corrected chi connectivity index (χ2v) is 7.92. The number of carbonyl (C=O) groups excluding carboxylic acids is 1. The van der Waals surface area contributed by atoms with Crippen molar-refractivity contribution in [2.24, 2.45) is 0 Å². The third kappa shape index (κ3) is 4.75. The summed E-state index contributed by atoms with van der Waals surface area (Å²) in [5, 5.41) is 6.10. The minimum Gasteiger partial charge on any atom is -0.447 e. The van der Waals surface area contributed by atoms with Crippen molar-refractivity contribution in [2.75, 3.05) is 13.1 Å². The van der Waals surface area contributed by atoms with Crippen molar-refractivity contribution in [3.8, 4) is 0 Å². The van der Waals surface area contributed by atoms with Gasteiger partial charge in [-0.15, -0.1) is 11.3 Å². The Hall–Kier alpha value is -2.90. The summed E-state index contributed by atoms with van der Waals surface area (Å²) >= 11 is 1.74. The number of H-pyrrole nitrogens is 1. The van der Waals surface area contributed by atoms with Crippen LogP contribution in [0.2, 0.25) is 0 Å². The van der Waals surface area contributed by atoms with Crippen molar-refractivity contribution in [1.82, 2.24) is 20.2 Å². The molecule has 0 radical (unpaired) electrons. The average molecular weight is 409 g/mol. The molecule has 0 aliphatic rings. The second-order valence-electron chi connectivity index (χ2n) is 6.89. The fourth-order valence-electron chi connectivity index (χ4n) is 3.38. The molecule has 0 spiro atoms. The summed E-state index contributed by atoms with van der Waals surface area (Å²) in [5.74, 6) is 0.354. The molecule has 29 heavy (non-hydrogen) atoms. The molecule has 6 nitrogen and oxygen atoms in total. The van der Waals surface area contributed by atoms with Crippen LogP contribution in [0.4, 0.5) is 0 Å². The van der Waals surface area contributed by atoms with Crippen molar-refractivity contribution in [2.45, 2.75) is 26.4 Å². The minimum atomic E-state index is -0.203. The van der Waals surface area contributed by atoms with E-state index in [-0.39, 0.29) is 5.91 Å². The molecule has 3 heterocycles. The Bertz CT molecular complexity index is 1070. The Labute approximate surface area is 173 Å². The van der Waals surface area contributed by atoms with Crippen LogP contribution in [0.1, 0.15) is 33.7 Å². The van der Waals surface area contributed by atoms with Gasteiger partial charge in [0.25, 0.3) is 5.91 Å². The van der Waals surface area contributed by atoms with E-state index >= 15 is 0 Å². The van der Waals surface area contributed by atoms with E-state index in [1.165, 1.54) is 22.1 Å². The van der Waals surface area contributed by atoms with Gasteiger partial charge in [-0.25, -0.2) is 4.98 Å². The molecule has 0 aliphatic heterocycles. The fourth-order valence-corrected chi connectivity index (χ4v) is 4.13. The molecule has 7 heteroatoms. The van der Waals surface area contributed by atoms with E-state index in [9.17, 15) is 4.79 Å². The first-order chi connectivity index (χ1) is 14.2. The molecule has 1 amide bonds. The highest BCUT2D eigenvalue weighted by Gasteiger charge is 2.16. The molecule has 0 bridgehead atoms. The van der Waals surface area contributed by atoms with E-state index in [4.69, 9.17) is 4.42 Å². The number of thiophene rings is 1. The average Bonchev–Trinajstić information content (AvgIpc) is 3.48. The molecular formula is C22H24N4O2S. The number of amides is 1. The molecular weight excluding hydrogens is 384 g/mol. The molecule has 0 fully saturated rings. The topological polar surface area (TPSA) is 74.2 Å². The molecule has 0 aliphatic carbocycles. The predicted octanol–water partition coefficient (Wildman–Crippen LogP) is 4.21. The van der Waals surface area contributed by atoms with E-state index in [1.54, 1.807) is 11.3 Å². The lowest BCUT2D eigenvalue weighted by Gasteiger charge is -2.20. The predicted molar refractivity (Wildman–Crippen MR) is 115 cm³/mol. The Morgan fingerprint density at radius 1 is 1.24 bits per heavy atom. The normalized spacial score (nSPS) is 11.4. The molecule has 150 valence electrons. The molecule has 4 aromatic rings. The van der Waals surface area contributed by atoms with Crippen LogP contribution in [0.15, 0.2) is 58.7 Å². The summed E-state index contributed by atoms with van der Waals surface area (Å²) < 4.78 is 5.57. The van der Waals surface area contributed by atoms with Crippen LogP contribution >= 0.6 is 11.3 Å². The number of hydrogen-bond acceptors (Lipinski definition) is 5. The smallest absolute Gasteiger partial charge is 0.273 e. The van der Waals surface area contributed by atoms with Crippen molar-refractivity contribution in [1.29, 1.82) is 0 Å². The number of aromatic nitrogens is 2. The van der Waals surface area contributed by atoms with Gasteiger partial charge in [-0.1, -0.05) is 24.3 Å². The summed E-state index contributed by atoms with van der Waals surface area (Å²) in [4.78, 5) is 23.3. The number of rotatable bonds is 9. The van der Waals surface area contributed by atoms with Crippen LogP contribution in [0, 0.1) is 0 Å². The van der Waals surface area contributed by atoms with Crippen LogP contribution in [-0.2, 0) is 19.5 Å². The van der Waals surface area contributed by atoms with Crippen molar-refractivity contribution in [3.05, 3.63) is 76.3 Å². The number of hydrogen-bond donors (Lipinski definition) is 2. The minimum absolute atomic E-state index is 0.203. The quantitative estimate of drug-likeness (QED) is 0.435. The molecule has 0 atom stereocenters. The molecule has 0 saturated carbocycles. The number of benzene rings is 1. The highest BCUT2D eigenvalue weighted by molar-refractivity contribution is 7.09. The number of nitrogens with zero attached hydrogens (tertiary/aromatic N) is 2. The largest absolute Gasteiger partial charge is 0.447 e. The highest BCUT2D eigenvalue weighted by Crippen LogP contribution is 2.20. The third-order valence-corrected chi connectivity index (χ3v) is 5.67. The van der Waals surface area contributed by atoms with E-state index in [0.717, 1.165) is 25.0 Å². The summed E-state index contributed by atoms with van der Waals surface area (Å²) in [5.41, 5.74) is 2.79. The number of carbonyl (C=O) groups is 1. The molecule has 4 rings (SSSR count). The van der Waals surface area contributed by atoms with Gasteiger partial charge in [-0.05, 0) is 36.4 Å². The number of para-hydroxylation sites is 1. The van der Waals surface area contributed by atoms with E-state index in [0.29, 0.717) is 24.7 Å². The zero-order chi connectivity index (χ0) is 20.1. The Morgan fingerprint density at radius 3 is 2.97 bits per heavy atom. The SMILES string of the molecule is CCNC(=O)c1coc(CN(CCc2c[nH]c3ccccc23)Cc2cccs2)n1. The van der Waals surface area contributed by atoms with Crippen molar-refractivity contribution in [3.63, 3.8) is 0 Å². The monoisotopic (exact) mass is 408 g/mol. The summed E-state index contributed by atoms with van der Waals surface area (Å²) in [6.45, 7) is 4.68. The summed E-state index contributed by atoms with van der Waals surface area (Å²) in [6.07, 6.45) is 4.44. The number of fused-ring (bicyclic) bond motifs is 1. The highest BCUT2D eigenvalue weighted by atomic mass is 32.1. The van der Waals surface area contributed by atoms with E-state index in [2.05, 4.69) is 62.1 Å². The molecule has 3 aromatic heterocycles. The van der Waals surface area contributed by atoms with Crippen LogP contribution in [0.5, 0.6) is 0 Å². The van der Waals surface area contributed by atoms with Gasteiger partial charge in [0.15, 0.2) is 5.69 Å². The Kier molecular flexibility index (Phi) is 6.07. The summed E-state index contributed by atoms with van der Waals surface area (Å²) in [7, 11) is 0. The second kappa shape index (κ2) is 9.07. The number of oxazole rings is 1. The maximum atomic E-state index is 12.0. The van der Waals surface area contributed by atoms with Crippen LogP contribution in [0.25, 0.3) is 10.9 Å². The standard InChI is InChI=1S/C22H24N4O2S/c1-2-23-22(27)20-15-28-21(25-20)14-26(13-17-6-5-11-29-17)10-9-16-12-24-19-8-4-3-7-18(16)19/h3-8,11-12,15,24H,2,9-10,13-14H2,1H3,(H,23,27). The summed E-state index contributed by atoms with van der Waals surface area (Å²) in [6, 6.07) is 12.6. The lowest BCUT2D eigenvalue weighted by atomic mass is 10.1. The van der Waals surface area contributed by atoms with Gasteiger partial charge >= 0.3 is 0 Å². The first-order valence-corrected chi connectivity index (χ1v) is 10.6. The molecule has 0 unspecified atom stereocenters. The Morgan fingerprint density at radius 2 is 2.14 bits per heavy atom. The number of nitrogens with one attached hydrogen (secondary N) is 2. The van der Waals surface area contributed by atoms with Gasteiger partial charge in [-0.3, -0.25) is 9.69 Å². The molecule has 2 N–H and O–H groups in total. The maximum absolute atomic E-state index is 12.0. The zero-order valence-corrected chi connectivity index (χ0v) is 17.2. The first-order valence-electron chi connectivity index (χ1n) is 9.75. The maximum Gasteiger partial charge on any atom is 0.273 e. The first kappa shape index (κ1) is 19.4. The number of aromatic amines is 1. The van der Waals surface area contributed by atoms with Gasteiger partial charge in [0.05, 0.1) is 6.54 Å². The van der Waals surface area contributed by atoms with Gasteiger partial charge < -0.3 is 14.7 Å². The lowest BCUT2D eigenvalue weighted by molar-refractivity contribution is 0.0950. The fraction of sp³-hybridized carbons (Fsp3) is 0.273. The Balaban J connectivity index is 1.47. The van der Waals surface area contributed by atoms with Crippen LogP contribution < -0.4 is 5.32 Å².